The van der Waals surface area contributed by atoms with Gasteiger partial charge in [-0.2, -0.15) is 0 Å². The molecular weight excluding hydrogens is 549 g/mol. The quantitative estimate of drug-likeness (QED) is 0.135. The first-order chi connectivity index (χ1) is 19.4. The van der Waals surface area contributed by atoms with Crippen molar-refractivity contribution in [2.24, 2.45) is 57.3 Å². The van der Waals surface area contributed by atoms with Crippen LogP contribution in [-0.4, -0.2) is 53.4 Å². The van der Waals surface area contributed by atoms with Crippen LogP contribution in [0.25, 0.3) is 0 Å². The normalized spacial score (nSPS) is 28.9. The summed E-state index contributed by atoms with van der Waals surface area (Å²) in [6, 6.07) is 0.744. The van der Waals surface area contributed by atoms with Gasteiger partial charge >= 0.3 is 0 Å². The molecule has 2 saturated carbocycles. The van der Waals surface area contributed by atoms with Crippen LogP contribution in [0.1, 0.15) is 107 Å². The summed E-state index contributed by atoms with van der Waals surface area (Å²) in [5.41, 5.74) is 2.48. The molecule has 0 saturated heterocycles. The summed E-state index contributed by atoms with van der Waals surface area (Å²) in [6.45, 7) is 34.7. The number of aliphatic imine (C=N–C) groups is 2. The molecule has 4 nitrogen and oxygen atoms in total. The average Bonchev–Trinajstić information content (AvgIpc) is 2.85. The van der Waals surface area contributed by atoms with Gasteiger partial charge in [0.1, 0.15) is 0 Å². The Kier molecular flexibility index (Phi) is 15.2. The molecule has 0 radical (unpaired) electrons. The van der Waals surface area contributed by atoms with Crippen molar-refractivity contribution in [1.82, 2.24) is 0 Å². The van der Waals surface area contributed by atoms with E-state index >= 15 is 0 Å². The predicted molar refractivity (Wildman–Crippen MR) is 191 cm³/mol. The SMILES string of the molecule is CC(C)C1CCCC(C(C)C)C1N=C(CCO[Si](C)(C)C)C(CCO[Si](C)(C)C)=NC1C(C(C)C)CCCC1C(C)C. The van der Waals surface area contributed by atoms with E-state index in [4.69, 9.17) is 18.8 Å². The zero-order chi connectivity index (χ0) is 31.8. The van der Waals surface area contributed by atoms with E-state index in [-0.39, 0.29) is 0 Å². The molecule has 0 spiro atoms. The van der Waals surface area contributed by atoms with Gasteiger partial charge in [-0.1, -0.05) is 68.2 Å². The molecule has 2 aliphatic rings. The van der Waals surface area contributed by atoms with Crippen molar-refractivity contribution in [2.45, 2.75) is 158 Å². The minimum atomic E-state index is -1.63. The van der Waals surface area contributed by atoms with E-state index in [9.17, 15) is 0 Å². The maximum atomic E-state index is 6.49. The molecule has 0 N–H and O–H groups in total. The molecule has 0 aromatic carbocycles. The van der Waals surface area contributed by atoms with Crippen molar-refractivity contribution >= 4 is 28.1 Å². The summed E-state index contributed by atoms with van der Waals surface area (Å²) in [4.78, 5) is 11.7. The van der Waals surface area contributed by atoms with Gasteiger partial charge in [-0.15, -0.1) is 0 Å². The average molecular weight is 621 g/mol. The number of hydrogen-bond donors (Lipinski definition) is 0. The smallest absolute Gasteiger partial charge is 0.183 e. The zero-order valence-corrected chi connectivity index (χ0v) is 32.6. The largest absolute Gasteiger partial charge is 0.417 e. The highest BCUT2D eigenvalue weighted by molar-refractivity contribution is 6.70. The Labute approximate surface area is 265 Å². The molecule has 0 amide bonds. The molecule has 42 heavy (non-hydrogen) atoms. The van der Waals surface area contributed by atoms with Gasteiger partial charge in [-0.25, -0.2) is 0 Å². The van der Waals surface area contributed by atoms with Crippen LogP contribution < -0.4 is 0 Å². The second kappa shape index (κ2) is 16.8. The lowest BCUT2D eigenvalue weighted by molar-refractivity contribution is 0.141. The van der Waals surface area contributed by atoms with Gasteiger partial charge in [0, 0.05) is 26.1 Å². The summed E-state index contributed by atoms with van der Waals surface area (Å²) >= 11 is 0. The van der Waals surface area contributed by atoms with E-state index in [1.165, 1.54) is 49.9 Å². The van der Waals surface area contributed by atoms with Crippen molar-refractivity contribution in [2.75, 3.05) is 13.2 Å². The van der Waals surface area contributed by atoms with Crippen molar-refractivity contribution in [3.05, 3.63) is 0 Å². The van der Waals surface area contributed by atoms with Crippen LogP contribution in [0.4, 0.5) is 0 Å². The summed E-state index contributed by atoms with van der Waals surface area (Å²) in [6.07, 6.45) is 9.61. The second-order valence-electron chi connectivity index (χ2n) is 17.0. The fourth-order valence-electron chi connectivity index (χ4n) is 7.62. The minimum Gasteiger partial charge on any atom is -0.417 e. The monoisotopic (exact) mass is 621 g/mol. The Morgan fingerprint density at radius 1 is 0.524 bits per heavy atom. The molecule has 246 valence electrons. The first-order valence-corrected chi connectivity index (χ1v) is 24.6. The first-order valence-electron chi connectivity index (χ1n) is 17.8. The maximum Gasteiger partial charge on any atom is 0.183 e. The van der Waals surface area contributed by atoms with Crippen molar-refractivity contribution in [1.29, 1.82) is 0 Å². The predicted octanol–water partition coefficient (Wildman–Crippen LogP) is 10.5. The van der Waals surface area contributed by atoms with E-state index in [2.05, 4.69) is 94.7 Å². The van der Waals surface area contributed by atoms with Crippen LogP contribution in [0.2, 0.25) is 39.3 Å². The fourth-order valence-corrected chi connectivity index (χ4v) is 9.05. The van der Waals surface area contributed by atoms with Crippen LogP contribution in [0.3, 0.4) is 0 Å². The molecule has 0 aromatic rings. The Balaban J connectivity index is 2.69. The van der Waals surface area contributed by atoms with Crippen LogP contribution in [-0.2, 0) is 8.85 Å². The third-order valence-electron chi connectivity index (χ3n) is 10.0. The van der Waals surface area contributed by atoms with Gasteiger partial charge in [0.05, 0.1) is 23.5 Å². The minimum absolute atomic E-state index is 0.372. The number of nitrogens with zero attached hydrogens (tertiary/aromatic N) is 2. The Morgan fingerprint density at radius 3 is 1.00 bits per heavy atom. The summed E-state index contributed by atoms with van der Waals surface area (Å²) in [5.74, 6) is 5.13. The van der Waals surface area contributed by atoms with Crippen molar-refractivity contribution in [3.8, 4) is 0 Å². The third kappa shape index (κ3) is 12.2. The molecule has 4 unspecified atom stereocenters. The van der Waals surface area contributed by atoms with Gasteiger partial charge in [0.2, 0.25) is 0 Å². The topological polar surface area (TPSA) is 43.2 Å². The van der Waals surface area contributed by atoms with Gasteiger partial charge in [-0.3, -0.25) is 9.98 Å². The molecule has 0 heterocycles. The van der Waals surface area contributed by atoms with Gasteiger partial charge in [0.15, 0.2) is 16.6 Å². The third-order valence-corrected chi connectivity index (χ3v) is 12.2. The van der Waals surface area contributed by atoms with E-state index in [0.29, 0.717) is 59.4 Å². The van der Waals surface area contributed by atoms with Crippen LogP contribution >= 0.6 is 0 Å². The van der Waals surface area contributed by atoms with E-state index in [1.807, 2.05) is 0 Å². The molecule has 4 atom stereocenters. The van der Waals surface area contributed by atoms with E-state index in [0.717, 1.165) is 26.1 Å². The highest BCUT2D eigenvalue weighted by Gasteiger charge is 2.39. The summed E-state index contributed by atoms with van der Waals surface area (Å²) in [7, 11) is -3.26. The first kappa shape index (κ1) is 37.9. The highest BCUT2D eigenvalue weighted by atomic mass is 28.4. The van der Waals surface area contributed by atoms with Crippen molar-refractivity contribution in [3.63, 3.8) is 0 Å². The number of hydrogen-bond acceptors (Lipinski definition) is 4. The van der Waals surface area contributed by atoms with E-state index < -0.39 is 16.6 Å². The molecule has 2 rings (SSSR count). The fraction of sp³-hybridized carbons (Fsp3) is 0.944. The van der Waals surface area contributed by atoms with Gasteiger partial charge < -0.3 is 8.85 Å². The summed E-state index contributed by atoms with van der Waals surface area (Å²) < 4.78 is 13.0. The Bertz CT molecular complexity index is 751. The highest BCUT2D eigenvalue weighted by Crippen LogP contribution is 2.41. The van der Waals surface area contributed by atoms with Crippen LogP contribution in [0.15, 0.2) is 9.98 Å². The molecule has 2 aliphatic carbocycles. The lowest BCUT2D eigenvalue weighted by atomic mass is 9.68. The van der Waals surface area contributed by atoms with E-state index in [1.54, 1.807) is 0 Å². The molecule has 6 heteroatoms. The van der Waals surface area contributed by atoms with Crippen molar-refractivity contribution < 1.29 is 8.85 Å². The van der Waals surface area contributed by atoms with Gasteiger partial charge in [0.25, 0.3) is 0 Å². The molecule has 0 bridgehead atoms. The molecule has 0 aromatic heterocycles. The molecule has 2 fully saturated rings. The molecular formula is C36H72N2O2Si2. The Morgan fingerprint density at radius 2 is 0.786 bits per heavy atom. The van der Waals surface area contributed by atoms with Crippen LogP contribution in [0.5, 0.6) is 0 Å². The second-order valence-corrected chi connectivity index (χ2v) is 26.1. The lowest BCUT2D eigenvalue weighted by Crippen LogP contribution is -2.41. The van der Waals surface area contributed by atoms with Crippen LogP contribution in [0, 0.1) is 47.3 Å². The molecule has 0 aliphatic heterocycles. The standard InChI is InChI=1S/C36H72N2O2Si2/c1-25(2)29-17-15-18-30(26(3)4)35(29)37-33(21-23-39-41(9,10)11)34(22-24-40-42(12,13)14)38-36-31(27(5)6)19-16-20-32(36)28(7)8/h25-32,35-36H,15-24H2,1-14H3. The van der Waals surface area contributed by atoms with Gasteiger partial charge in [-0.05, 0) is 112 Å². The lowest BCUT2D eigenvalue weighted by Gasteiger charge is -2.41. The maximum absolute atomic E-state index is 6.49. The number of rotatable bonds is 15. The zero-order valence-electron chi connectivity index (χ0n) is 30.6. The Hall–Kier alpha value is -0.306. The summed E-state index contributed by atoms with van der Waals surface area (Å²) in [5, 5.41) is 0.